The van der Waals surface area contributed by atoms with Crippen LogP contribution in [0, 0.1) is 5.82 Å². The topological polar surface area (TPSA) is 64.7 Å². The Labute approximate surface area is 86.4 Å². The maximum absolute atomic E-state index is 13.5. The Hall–Kier alpha value is -1.33. The monoisotopic (exact) mass is 213 g/mol. The molecule has 0 bridgehead atoms. The summed E-state index contributed by atoms with van der Waals surface area (Å²) in [5.74, 6) is 0.286. The molecule has 0 radical (unpaired) electrons. The fraction of sp³-hybridized carbons (Fsp3) is 0.400. The van der Waals surface area contributed by atoms with Crippen LogP contribution in [-0.4, -0.2) is 24.9 Å². The lowest BCUT2D eigenvalue weighted by Crippen LogP contribution is -2.18. The van der Waals surface area contributed by atoms with Crippen molar-refractivity contribution in [3.05, 3.63) is 23.5 Å². The molecule has 0 amide bonds. The number of benzene rings is 1. The minimum Gasteiger partial charge on any atom is -0.486 e. The average Bonchev–Trinajstić information content (AvgIpc) is 2.27. The van der Waals surface area contributed by atoms with Crippen molar-refractivity contribution in [1.82, 2.24) is 0 Å². The average molecular weight is 213 g/mol. The van der Waals surface area contributed by atoms with Crippen LogP contribution >= 0.6 is 0 Å². The summed E-state index contributed by atoms with van der Waals surface area (Å²) < 4.78 is 23.9. The maximum Gasteiger partial charge on any atom is 0.164 e. The third kappa shape index (κ3) is 1.88. The molecule has 0 spiro atoms. The van der Waals surface area contributed by atoms with Crippen molar-refractivity contribution in [2.75, 3.05) is 19.8 Å². The molecule has 0 saturated heterocycles. The van der Waals surface area contributed by atoms with Gasteiger partial charge >= 0.3 is 0 Å². The highest BCUT2D eigenvalue weighted by atomic mass is 19.1. The van der Waals surface area contributed by atoms with E-state index >= 15 is 0 Å². The van der Waals surface area contributed by atoms with Crippen LogP contribution in [0.15, 0.2) is 12.1 Å². The molecule has 2 rings (SSSR count). The van der Waals surface area contributed by atoms with Gasteiger partial charge in [0.25, 0.3) is 0 Å². The molecule has 1 aromatic rings. The molecule has 1 atom stereocenters. The zero-order chi connectivity index (χ0) is 10.8. The zero-order valence-corrected chi connectivity index (χ0v) is 8.07. The van der Waals surface area contributed by atoms with Crippen LogP contribution in [0.3, 0.4) is 0 Å². The summed E-state index contributed by atoms with van der Waals surface area (Å²) in [5.41, 5.74) is 5.40. The lowest BCUT2D eigenvalue weighted by atomic mass is 10.1. The molecule has 82 valence electrons. The quantitative estimate of drug-likeness (QED) is 0.754. The fourth-order valence-electron chi connectivity index (χ4n) is 1.46. The number of fused-ring (bicyclic) bond motifs is 1. The van der Waals surface area contributed by atoms with Crippen LogP contribution in [0.1, 0.15) is 11.7 Å². The van der Waals surface area contributed by atoms with E-state index in [1.807, 2.05) is 0 Å². The van der Waals surface area contributed by atoms with Gasteiger partial charge in [0.05, 0.1) is 6.10 Å². The zero-order valence-electron chi connectivity index (χ0n) is 8.07. The highest BCUT2D eigenvalue weighted by molar-refractivity contribution is 5.45. The van der Waals surface area contributed by atoms with E-state index in [1.165, 1.54) is 12.1 Å². The number of hydrogen-bond donors (Lipinski definition) is 2. The molecular formula is C10H12FNO3. The SMILES string of the molecule is NCC(O)c1cc2c(cc1F)OCCO2. The number of aliphatic hydroxyl groups excluding tert-OH is 1. The van der Waals surface area contributed by atoms with E-state index in [9.17, 15) is 9.50 Å². The van der Waals surface area contributed by atoms with E-state index in [2.05, 4.69) is 0 Å². The molecule has 1 aromatic carbocycles. The van der Waals surface area contributed by atoms with Crippen LogP contribution < -0.4 is 15.2 Å². The van der Waals surface area contributed by atoms with Crippen molar-refractivity contribution in [1.29, 1.82) is 0 Å². The van der Waals surface area contributed by atoms with Crippen LogP contribution in [0.5, 0.6) is 11.5 Å². The van der Waals surface area contributed by atoms with Gasteiger partial charge in [0.15, 0.2) is 11.5 Å². The van der Waals surface area contributed by atoms with E-state index in [-0.39, 0.29) is 12.1 Å². The van der Waals surface area contributed by atoms with Gasteiger partial charge in [-0.2, -0.15) is 0 Å². The van der Waals surface area contributed by atoms with Crippen molar-refractivity contribution in [2.24, 2.45) is 5.73 Å². The molecule has 0 fully saturated rings. The molecule has 0 aromatic heterocycles. The summed E-state index contributed by atoms with van der Waals surface area (Å²) in [6.07, 6.45) is -1.01. The Balaban J connectivity index is 2.40. The van der Waals surface area contributed by atoms with Crippen molar-refractivity contribution in [2.45, 2.75) is 6.10 Å². The third-order valence-electron chi connectivity index (χ3n) is 2.24. The second kappa shape index (κ2) is 4.04. The van der Waals surface area contributed by atoms with Crippen LogP contribution in [0.2, 0.25) is 0 Å². The van der Waals surface area contributed by atoms with Gasteiger partial charge in [0.2, 0.25) is 0 Å². The molecule has 1 aliphatic heterocycles. The van der Waals surface area contributed by atoms with E-state index in [0.29, 0.717) is 24.7 Å². The van der Waals surface area contributed by atoms with Gasteiger partial charge in [-0.15, -0.1) is 0 Å². The van der Waals surface area contributed by atoms with Crippen molar-refractivity contribution >= 4 is 0 Å². The smallest absolute Gasteiger partial charge is 0.164 e. The van der Waals surface area contributed by atoms with E-state index in [1.54, 1.807) is 0 Å². The lowest BCUT2D eigenvalue weighted by Gasteiger charge is -2.20. The van der Waals surface area contributed by atoms with Gasteiger partial charge in [0, 0.05) is 18.2 Å². The van der Waals surface area contributed by atoms with Crippen molar-refractivity contribution in [3.63, 3.8) is 0 Å². The summed E-state index contributed by atoms with van der Waals surface area (Å²) in [4.78, 5) is 0. The van der Waals surface area contributed by atoms with Gasteiger partial charge in [-0.05, 0) is 6.07 Å². The van der Waals surface area contributed by atoms with E-state index in [4.69, 9.17) is 15.2 Å². The summed E-state index contributed by atoms with van der Waals surface area (Å²) in [5, 5.41) is 9.45. The third-order valence-corrected chi connectivity index (χ3v) is 2.24. The van der Waals surface area contributed by atoms with Gasteiger partial charge in [-0.1, -0.05) is 0 Å². The first-order valence-electron chi connectivity index (χ1n) is 4.69. The Bertz CT molecular complexity index is 370. The number of nitrogens with two attached hydrogens (primary N) is 1. The van der Waals surface area contributed by atoms with Gasteiger partial charge < -0.3 is 20.3 Å². The maximum atomic E-state index is 13.5. The molecule has 0 saturated carbocycles. The van der Waals surface area contributed by atoms with Crippen molar-refractivity contribution < 1.29 is 19.0 Å². The first-order valence-corrected chi connectivity index (χ1v) is 4.69. The molecular weight excluding hydrogens is 201 g/mol. The predicted molar refractivity (Wildman–Crippen MR) is 51.4 cm³/mol. The minimum absolute atomic E-state index is 0.0312. The summed E-state index contributed by atoms with van der Waals surface area (Å²) in [6.45, 7) is 0.804. The Morgan fingerprint density at radius 2 is 1.93 bits per heavy atom. The Morgan fingerprint density at radius 3 is 2.53 bits per heavy atom. The normalized spacial score (nSPS) is 16.2. The minimum atomic E-state index is -1.01. The standard InChI is InChI=1S/C10H12FNO3/c11-7-4-10-9(14-1-2-15-10)3-6(7)8(13)5-12/h3-4,8,13H,1-2,5,12H2. The summed E-state index contributed by atoms with van der Waals surface area (Å²) >= 11 is 0. The van der Waals surface area contributed by atoms with Crippen LogP contribution in [0.4, 0.5) is 4.39 Å². The van der Waals surface area contributed by atoms with Gasteiger partial charge in [-0.25, -0.2) is 4.39 Å². The van der Waals surface area contributed by atoms with Gasteiger partial charge in [-0.3, -0.25) is 0 Å². The Morgan fingerprint density at radius 1 is 1.33 bits per heavy atom. The molecule has 4 nitrogen and oxygen atoms in total. The second-order valence-corrected chi connectivity index (χ2v) is 3.27. The molecule has 15 heavy (non-hydrogen) atoms. The highest BCUT2D eigenvalue weighted by Crippen LogP contribution is 2.34. The van der Waals surface area contributed by atoms with Gasteiger partial charge in [0.1, 0.15) is 19.0 Å². The van der Waals surface area contributed by atoms with Crippen molar-refractivity contribution in [3.8, 4) is 11.5 Å². The van der Waals surface area contributed by atoms with Crippen LogP contribution in [-0.2, 0) is 0 Å². The van der Waals surface area contributed by atoms with E-state index in [0.717, 1.165) is 0 Å². The summed E-state index contributed by atoms with van der Waals surface area (Å²) in [6, 6.07) is 2.64. The molecule has 1 heterocycles. The fourth-order valence-corrected chi connectivity index (χ4v) is 1.46. The molecule has 5 heteroatoms. The molecule has 1 unspecified atom stereocenters. The molecule has 0 aliphatic carbocycles. The predicted octanol–water partition coefficient (Wildman–Crippen LogP) is 0.589. The number of hydrogen-bond acceptors (Lipinski definition) is 4. The molecule has 1 aliphatic rings. The number of ether oxygens (including phenoxy) is 2. The lowest BCUT2D eigenvalue weighted by molar-refractivity contribution is 0.163. The first kappa shape index (κ1) is 10.2. The molecule has 3 N–H and O–H groups in total. The largest absolute Gasteiger partial charge is 0.486 e. The second-order valence-electron chi connectivity index (χ2n) is 3.27. The van der Waals surface area contributed by atoms with Crippen LogP contribution in [0.25, 0.3) is 0 Å². The number of rotatable bonds is 2. The Kier molecular flexibility index (Phi) is 2.75. The summed E-state index contributed by atoms with van der Waals surface area (Å²) in [7, 11) is 0. The van der Waals surface area contributed by atoms with E-state index < -0.39 is 11.9 Å². The first-order chi connectivity index (χ1) is 7.22. The number of halogens is 1. The highest BCUT2D eigenvalue weighted by Gasteiger charge is 2.19. The number of aliphatic hydroxyl groups is 1.